The van der Waals surface area contributed by atoms with Crippen LogP contribution in [0, 0.1) is 11.6 Å². The average molecular weight is 344 g/mol. The van der Waals surface area contributed by atoms with Crippen LogP contribution in [0.5, 0.6) is 0 Å². The largest absolute Gasteiger partial charge is 0.443 e. The second-order valence-corrected chi connectivity index (χ2v) is 7.10. The van der Waals surface area contributed by atoms with E-state index < -0.39 is 46.4 Å². The topological polar surface area (TPSA) is 81.9 Å². The summed E-state index contributed by atoms with van der Waals surface area (Å²) in [5.41, 5.74) is 2.05. The fourth-order valence-corrected chi connectivity index (χ4v) is 1.63. The Hall–Kier alpha value is -2.38. The van der Waals surface area contributed by atoms with Crippen molar-refractivity contribution in [2.45, 2.75) is 52.7 Å². The second kappa shape index (κ2) is 6.62. The number of hydrogen-bond donors (Lipinski definition) is 1. The summed E-state index contributed by atoms with van der Waals surface area (Å²) in [6.45, 7) is 9.28. The van der Waals surface area contributed by atoms with Crippen LogP contribution >= 0.6 is 0 Å². The Morgan fingerprint density at radius 3 is 1.75 bits per heavy atom. The van der Waals surface area contributed by atoms with E-state index in [0.717, 1.165) is 12.1 Å². The summed E-state index contributed by atoms with van der Waals surface area (Å²) in [5, 5.41) is 0. The first kappa shape index (κ1) is 19.7. The lowest BCUT2D eigenvalue weighted by Crippen LogP contribution is -2.44. The van der Waals surface area contributed by atoms with Crippen molar-refractivity contribution in [3.05, 3.63) is 23.8 Å². The zero-order valence-corrected chi connectivity index (χ0v) is 14.6. The lowest BCUT2D eigenvalue weighted by atomic mass is 10.2. The number of nitrogens with zero attached hydrogens (tertiary/aromatic N) is 1. The monoisotopic (exact) mass is 344 g/mol. The minimum Gasteiger partial charge on any atom is -0.443 e. The number of carbonyl (C=O) groups excluding carboxylic acids is 2. The molecule has 24 heavy (non-hydrogen) atoms. The van der Waals surface area contributed by atoms with Gasteiger partial charge in [-0.2, -0.15) is 4.90 Å². The van der Waals surface area contributed by atoms with Gasteiger partial charge in [0.1, 0.15) is 16.9 Å². The van der Waals surface area contributed by atoms with Gasteiger partial charge in [0, 0.05) is 0 Å². The molecule has 2 amide bonds. The normalized spacial score (nSPS) is 11.8. The molecule has 1 rings (SSSR count). The van der Waals surface area contributed by atoms with Gasteiger partial charge in [-0.1, -0.05) is 0 Å². The molecular formula is C16H22F2N2O4. The Morgan fingerprint density at radius 1 is 0.958 bits per heavy atom. The Bertz CT molecular complexity index is 621. The molecule has 0 fully saturated rings. The van der Waals surface area contributed by atoms with Crippen LogP contribution in [-0.4, -0.2) is 23.4 Å². The van der Waals surface area contributed by atoms with Gasteiger partial charge in [0.2, 0.25) is 0 Å². The van der Waals surface area contributed by atoms with Crippen molar-refractivity contribution in [1.29, 1.82) is 0 Å². The number of rotatable bonds is 1. The minimum absolute atomic E-state index is 0.164. The summed E-state index contributed by atoms with van der Waals surface area (Å²) in [6.07, 6.45) is -2.56. The first-order valence-electron chi connectivity index (χ1n) is 7.22. The van der Waals surface area contributed by atoms with Gasteiger partial charge in [-0.3, -0.25) is 0 Å². The number of nitrogens with two attached hydrogens (primary N) is 1. The van der Waals surface area contributed by atoms with E-state index in [1.807, 2.05) is 0 Å². The Kier molecular flexibility index (Phi) is 5.43. The Labute approximate surface area is 139 Å². The Morgan fingerprint density at radius 2 is 1.38 bits per heavy atom. The van der Waals surface area contributed by atoms with E-state index in [-0.39, 0.29) is 4.90 Å². The summed E-state index contributed by atoms with van der Waals surface area (Å²) in [4.78, 5) is 24.8. The van der Waals surface area contributed by atoms with E-state index in [4.69, 9.17) is 15.2 Å². The minimum atomic E-state index is -1.28. The third-order valence-electron chi connectivity index (χ3n) is 2.47. The summed E-state index contributed by atoms with van der Waals surface area (Å²) in [5.74, 6) is -2.41. The van der Waals surface area contributed by atoms with Crippen LogP contribution in [0.15, 0.2) is 12.1 Å². The summed E-state index contributed by atoms with van der Waals surface area (Å²) < 4.78 is 38.5. The zero-order chi connectivity index (χ0) is 18.9. The van der Waals surface area contributed by atoms with Crippen LogP contribution in [0.3, 0.4) is 0 Å². The predicted octanol–water partition coefficient (Wildman–Crippen LogP) is 4.22. The molecule has 0 saturated carbocycles. The molecule has 0 atom stereocenters. The fraction of sp³-hybridized carbons (Fsp3) is 0.500. The highest BCUT2D eigenvalue weighted by atomic mass is 19.1. The number of nitrogen functional groups attached to an aromatic ring is 1. The molecule has 0 aliphatic heterocycles. The van der Waals surface area contributed by atoms with E-state index >= 15 is 0 Å². The number of hydrogen-bond acceptors (Lipinski definition) is 5. The number of anilines is 2. The van der Waals surface area contributed by atoms with Gasteiger partial charge >= 0.3 is 12.2 Å². The molecule has 0 aliphatic rings. The molecule has 1 aromatic carbocycles. The molecule has 134 valence electrons. The van der Waals surface area contributed by atoms with E-state index in [1.54, 1.807) is 41.5 Å². The molecule has 0 heterocycles. The summed E-state index contributed by atoms with van der Waals surface area (Å²) in [6, 6.07) is 1.83. The van der Waals surface area contributed by atoms with Crippen LogP contribution < -0.4 is 10.6 Å². The predicted molar refractivity (Wildman–Crippen MR) is 85.7 cm³/mol. The number of carbonyl (C=O) groups is 2. The van der Waals surface area contributed by atoms with Crippen molar-refractivity contribution in [3.63, 3.8) is 0 Å². The Balaban J connectivity index is 3.42. The smallest absolute Gasteiger partial charge is 0.424 e. The van der Waals surface area contributed by atoms with Gasteiger partial charge < -0.3 is 15.2 Å². The third kappa shape index (κ3) is 5.07. The van der Waals surface area contributed by atoms with Crippen molar-refractivity contribution >= 4 is 23.6 Å². The average Bonchev–Trinajstić information content (AvgIpc) is 2.34. The fourth-order valence-electron chi connectivity index (χ4n) is 1.63. The maximum absolute atomic E-state index is 14.3. The molecule has 0 unspecified atom stereocenters. The van der Waals surface area contributed by atoms with Crippen molar-refractivity contribution in [2.24, 2.45) is 0 Å². The number of ether oxygens (including phenoxy) is 2. The molecule has 0 radical (unpaired) electrons. The lowest BCUT2D eigenvalue weighted by Gasteiger charge is -2.29. The van der Waals surface area contributed by atoms with Crippen molar-refractivity contribution < 1.29 is 27.8 Å². The molecule has 0 spiro atoms. The molecule has 0 saturated heterocycles. The van der Waals surface area contributed by atoms with Crippen molar-refractivity contribution in [2.75, 3.05) is 10.6 Å². The molecule has 0 aliphatic carbocycles. The van der Waals surface area contributed by atoms with Gasteiger partial charge in [-0.25, -0.2) is 18.4 Å². The van der Waals surface area contributed by atoms with Crippen LogP contribution in [0.1, 0.15) is 41.5 Å². The first-order chi connectivity index (χ1) is 10.7. The molecule has 0 bridgehead atoms. The van der Waals surface area contributed by atoms with E-state index in [0.29, 0.717) is 0 Å². The molecule has 8 heteroatoms. The van der Waals surface area contributed by atoms with E-state index in [1.165, 1.54) is 0 Å². The summed E-state index contributed by atoms with van der Waals surface area (Å²) >= 11 is 0. The van der Waals surface area contributed by atoms with Gasteiger partial charge in [-0.15, -0.1) is 0 Å². The number of amides is 2. The van der Waals surface area contributed by atoms with Crippen LogP contribution in [-0.2, 0) is 9.47 Å². The first-order valence-corrected chi connectivity index (χ1v) is 7.22. The summed E-state index contributed by atoms with van der Waals surface area (Å²) in [7, 11) is 0. The standard InChI is InChI=1S/C16H22F2N2O4/c1-15(2,3)23-13(21)20(14(22)24-16(4,5)6)12-9(17)7-8-10(19)11(12)18/h7-8H,19H2,1-6H3. The second-order valence-electron chi connectivity index (χ2n) is 7.10. The molecular weight excluding hydrogens is 322 g/mol. The van der Waals surface area contributed by atoms with Crippen molar-refractivity contribution in [3.8, 4) is 0 Å². The molecule has 6 nitrogen and oxygen atoms in total. The number of benzene rings is 1. The van der Waals surface area contributed by atoms with Crippen molar-refractivity contribution in [1.82, 2.24) is 0 Å². The highest BCUT2D eigenvalue weighted by molar-refractivity contribution is 6.10. The SMILES string of the molecule is CC(C)(C)OC(=O)N(C(=O)OC(C)(C)C)c1c(F)ccc(N)c1F. The van der Waals surface area contributed by atoms with E-state index in [9.17, 15) is 18.4 Å². The van der Waals surface area contributed by atoms with Gasteiger partial charge in [0.15, 0.2) is 11.6 Å². The van der Waals surface area contributed by atoms with Gasteiger partial charge in [0.25, 0.3) is 0 Å². The maximum atomic E-state index is 14.3. The molecule has 2 N–H and O–H groups in total. The highest BCUT2D eigenvalue weighted by Gasteiger charge is 2.36. The lowest BCUT2D eigenvalue weighted by molar-refractivity contribution is 0.0427. The number of halogens is 2. The highest BCUT2D eigenvalue weighted by Crippen LogP contribution is 2.30. The molecule has 1 aromatic rings. The molecule has 0 aromatic heterocycles. The zero-order valence-electron chi connectivity index (χ0n) is 14.6. The van der Waals surface area contributed by atoms with Crippen LogP contribution in [0.25, 0.3) is 0 Å². The van der Waals surface area contributed by atoms with Crippen LogP contribution in [0.4, 0.5) is 29.7 Å². The third-order valence-corrected chi connectivity index (χ3v) is 2.47. The maximum Gasteiger partial charge on any atom is 0.424 e. The van der Waals surface area contributed by atoms with E-state index in [2.05, 4.69) is 0 Å². The van der Waals surface area contributed by atoms with Crippen LogP contribution in [0.2, 0.25) is 0 Å². The van der Waals surface area contributed by atoms with Gasteiger partial charge in [0.05, 0.1) is 5.69 Å². The van der Waals surface area contributed by atoms with Gasteiger partial charge in [-0.05, 0) is 53.7 Å². The quantitative estimate of drug-likeness (QED) is 0.771. The number of imide groups is 1.